The van der Waals surface area contributed by atoms with E-state index in [1.54, 1.807) is 12.1 Å². The van der Waals surface area contributed by atoms with Crippen molar-refractivity contribution in [3.05, 3.63) is 18.2 Å². The number of hydrogen-bond acceptors (Lipinski definition) is 4. The second kappa shape index (κ2) is 3.14. The molecule has 0 saturated heterocycles. The second-order valence-electron chi connectivity index (χ2n) is 2.95. The first kappa shape index (κ1) is 9.29. The number of hydrogen-bond donors (Lipinski definition) is 2. The van der Waals surface area contributed by atoms with Crippen molar-refractivity contribution in [1.29, 1.82) is 0 Å². The van der Waals surface area contributed by atoms with Gasteiger partial charge in [-0.05, 0) is 18.2 Å². The van der Waals surface area contributed by atoms with Gasteiger partial charge in [-0.1, -0.05) is 0 Å². The minimum atomic E-state index is -3.46. The Morgan fingerprint density at radius 2 is 2.21 bits per heavy atom. The molecule has 14 heavy (non-hydrogen) atoms. The fraction of sp³-hybridized carbons (Fsp3) is 0.250. The standard InChI is InChI=1S/C8H10N2O3S/c9-6-1-2-7-8(5-6)14(11,12)10-3-4-13-7/h1-2,5,10H,3-4,9H2. The van der Waals surface area contributed by atoms with Crippen LogP contribution in [-0.4, -0.2) is 21.6 Å². The number of rotatable bonds is 0. The van der Waals surface area contributed by atoms with Crippen LogP contribution in [-0.2, 0) is 10.0 Å². The summed E-state index contributed by atoms with van der Waals surface area (Å²) in [5.74, 6) is 0.351. The number of nitrogens with two attached hydrogens (primary N) is 1. The van der Waals surface area contributed by atoms with Crippen molar-refractivity contribution in [3.63, 3.8) is 0 Å². The first-order valence-electron chi connectivity index (χ1n) is 4.11. The van der Waals surface area contributed by atoms with E-state index in [2.05, 4.69) is 4.72 Å². The quantitative estimate of drug-likeness (QED) is 0.593. The Morgan fingerprint density at radius 3 is 3.00 bits per heavy atom. The first-order valence-corrected chi connectivity index (χ1v) is 5.60. The lowest BCUT2D eigenvalue weighted by Gasteiger charge is -2.06. The molecule has 0 atom stereocenters. The average molecular weight is 214 g/mol. The van der Waals surface area contributed by atoms with E-state index < -0.39 is 10.0 Å². The summed E-state index contributed by atoms with van der Waals surface area (Å²) >= 11 is 0. The number of fused-ring (bicyclic) bond motifs is 1. The van der Waals surface area contributed by atoms with E-state index in [4.69, 9.17) is 10.5 Å². The van der Waals surface area contributed by atoms with Gasteiger partial charge in [-0.2, -0.15) is 0 Å². The highest BCUT2D eigenvalue weighted by atomic mass is 32.2. The number of benzene rings is 1. The fourth-order valence-corrected chi connectivity index (χ4v) is 2.46. The van der Waals surface area contributed by atoms with Crippen molar-refractivity contribution >= 4 is 15.7 Å². The molecule has 6 heteroatoms. The molecule has 0 aliphatic carbocycles. The number of sulfonamides is 1. The van der Waals surface area contributed by atoms with E-state index in [-0.39, 0.29) is 11.4 Å². The van der Waals surface area contributed by atoms with Gasteiger partial charge >= 0.3 is 0 Å². The van der Waals surface area contributed by atoms with Crippen molar-refractivity contribution in [3.8, 4) is 5.75 Å². The molecule has 1 aromatic carbocycles. The topological polar surface area (TPSA) is 81.4 Å². The predicted octanol–water partition coefficient (Wildman–Crippen LogP) is -0.0605. The number of ether oxygens (including phenoxy) is 1. The molecule has 2 rings (SSSR count). The van der Waals surface area contributed by atoms with Gasteiger partial charge in [-0.15, -0.1) is 0 Å². The minimum Gasteiger partial charge on any atom is -0.491 e. The lowest BCUT2D eigenvalue weighted by atomic mass is 10.3. The molecule has 0 radical (unpaired) electrons. The minimum absolute atomic E-state index is 0.106. The Hall–Kier alpha value is -1.27. The predicted molar refractivity (Wildman–Crippen MR) is 51.5 cm³/mol. The largest absolute Gasteiger partial charge is 0.491 e. The van der Waals surface area contributed by atoms with Gasteiger partial charge < -0.3 is 10.5 Å². The molecule has 0 unspecified atom stereocenters. The van der Waals surface area contributed by atoms with Crippen LogP contribution in [0.2, 0.25) is 0 Å². The summed E-state index contributed by atoms with van der Waals surface area (Å²) in [5, 5.41) is 0. The molecule has 1 aromatic rings. The van der Waals surface area contributed by atoms with Crippen molar-refractivity contribution in [2.24, 2.45) is 0 Å². The van der Waals surface area contributed by atoms with Crippen LogP contribution in [0.5, 0.6) is 5.75 Å². The van der Waals surface area contributed by atoms with Crippen molar-refractivity contribution < 1.29 is 13.2 Å². The third kappa shape index (κ3) is 1.53. The van der Waals surface area contributed by atoms with E-state index >= 15 is 0 Å². The van der Waals surface area contributed by atoms with Gasteiger partial charge in [0.05, 0.1) is 0 Å². The molecule has 0 amide bonds. The molecule has 5 nitrogen and oxygen atoms in total. The smallest absolute Gasteiger partial charge is 0.244 e. The third-order valence-corrected chi connectivity index (χ3v) is 3.39. The Kier molecular flexibility index (Phi) is 2.09. The highest BCUT2D eigenvalue weighted by Gasteiger charge is 2.22. The van der Waals surface area contributed by atoms with E-state index in [9.17, 15) is 8.42 Å². The van der Waals surface area contributed by atoms with Gasteiger partial charge in [0.1, 0.15) is 17.3 Å². The summed E-state index contributed by atoms with van der Waals surface area (Å²) in [6, 6.07) is 4.57. The number of nitrogen functional groups attached to an aromatic ring is 1. The van der Waals surface area contributed by atoms with Gasteiger partial charge in [-0.25, -0.2) is 13.1 Å². The van der Waals surface area contributed by atoms with Crippen molar-refractivity contribution in [2.45, 2.75) is 4.90 Å². The average Bonchev–Trinajstić information content (AvgIpc) is 2.26. The molecule has 0 bridgehead atoms. The maximum atomic E-state index is 11.6. The van der Waals surface area contributed by atoms with Gasteiger partial charge in [0.15, 0.2) is 0 Å². The molecule has 1 aliphatic heterocycles. The van der Waals surface area contributed by atoms with Crippen LogP contribution >= 0.6 is 0 Å². The van der Waals surface area contributed by atoms with Gasteiger partial charge in [0.25, 0.3) is 0 Å². The van der Waals surface area contributed by atoms with Crippen molar-refractivity contribution in [1.82, 2.24) is 4.72 Å². The zero-order chi connectivity index (χ0) is 10.2. The summed E-state index contributed by atoms with van der Waals surface area (Å²) in [5.41, 5.74) is 5.91. The molecule has 1 aliphatic rings. The summed E-state index contributed by atoms with van der Waals surface area (Å²) < 4.78 is 30.8. The molecule has 0 saturated carbocycles. The maximum absolute atomic E-state index is 11.6. The third-order valence-electron chi connectivity index (χ3n) is 1.91. The van der Waals surface area contributed by atoms with Crippen LogP contribution in [0, 0.1) is 0 Å². The van der Waals surface area contributed by atoms with Crippen LogP contribution in [0.15, 0.2) is 23.1 Å². The zero-order valence-corrected chi connectivity index (χ0v) is 8.17. The van der Waals surface area contributed by atoms with E-state index in [1.807, 2.05) is 0 Å². The van der Waals surface area contributed by atoms with Gasteiger partial charge in [0.2, 0.25) is 10.0 Å². The number of nitrogens with one attached hydrogen (secondary N) is 1. The summed E-state index contributed by atoms with van der Waals surface area (Å²) in [6.45, 7) is 0.604. The van der Waals surface area contributed by atoms with Crippen LogP contribution in [0.4, 0.5) is 5.69 Å². The lowest BCUT2D eigenvalue weighted by molar-refractivity contribution is 0.321. The summed E-state index contributed by atoms with van der Waals surface area (Å²) in [4.78, 5) is 0.106. The molecule has 0 aromatic heterocycles. The van der Waals surface area contributed by atoms with Crippen LogP contribution in [0.25, 0.3) is 0 Å². The Bertz CT molecular complexity index is 456. The normalized spacial score (nSPS) is 19.1. The maximum Gasteiger partial charge on any atom is 0.244 e. The van der Waals surface area contributed by atoms with E-state index in [0.717, 1.165) is 0 Å². The van der Waals surface area contributed by atoms with Gasteiger partial charge in [0, 0.05) is 12.2 Å². The molecular formula is C8H10N2O3S. The molecular weight excluding hydrogens is 204 g/mol. The molecule has 1 heterocycles. The highest BCUT2D eigenvalue weighted by Crippen LogP contribution is 2.27. The van der Waals surface area contributed by atoms with Crippen LogP contribution < -0.4 is 15.2 Å². The van der Waals surface area contributed by atoms with Gasteiger partial charge in [-0.3, -0.25) is 0 Å². The van der Waals surface area contributed by atoms with E-state index in [1.165, 1.54) is 6.07 Å². The number of anilines is 1. The summed E-state index contributed by atoms with van der Waals surface area (Å²) in [7, 11) is -3.46. The lowest BCUT2D eigenvalue weighted by Crippen LogP contribution is -2.24. The van der Waals surface area contributed by atoms with Crippen molar-refractivity contribution in [2.75, 3.05) is 18.9 Å². The molecule has 0 spiro atoms. The highest BCUT2D eigenvalue weighted by molar-refractivity contribution is 7.89. The first-order chi connectivity index (χ1) is 6.59. The monoisotopic (exact) mass is 214 g/mol. The fourth-order valence-electron chi connectivity index (χ4n) is 1.27. The van der Waals surface area contributed by atoms with Crippen LogP contribution in [0.3, 0.4) is 0 Å². The Balaban J connectivity index is 2.64. The van der Waals surface area contributed by atoms with E-state index in [0.29, 0.717) is 18.0 Å². The van der Waals surface area contributed by atoms with Crippen LogP contribution in [0.1, 0.15) is 0 Å². The Morgan fingerprint density at radius 1 is 1.43 bits per heavy atom. The second-order valence-corrected chi connectivity index (χ2v) is 4.69. The Labute approximate surface area is 81.9 Å². The molecule has 0 fully saturated rings. The molecule has 3 N–H and O–H groups in total. The SMILES string of the molecule is Nc1ccc2c(c1)S(=O)(=O)NCCO2. The zero-order valence-electron chi connectivity index (χ0n) is 7.36. The summed E-state index contributed by atoms with van der Waals surface area (Å²) in [6.07, 6.45) is 0. The molecule has 76 valence electrons.